The fourth-order valence-corrected chi connectivity index (χ4v) is 1.65. The molecule has 0 aromatic carbocycles. The van der Waals surface area contributed by atoms with Gasteiger partial charge < -0.3 is 0 Å². The van der Waals surface area contributed by atoms with Gasteiger partial charge in [0.25, 0.3) is 11.8 Å². The molecule has 0 aliphatic heterocycles. The van der Waals surface area contributed by atoms with Crippen LogP contribution in [-0.4, -0.2) is 49.2 Å². The topological polar surface area (TPSA) is 59.1 Å². The molecule has 0 atom stereocenters. The molecule has 0 saturated carbocycles. The third kappa shape index (κ3) is 7.06. The summed E-state index contributed by atoms with van der Waals surface area (Å²) in [6.07, 6.45) is 5.97. The predicted molar refractivity (Wildman–Crippen MR) is 76.3 cm³/mol. The molecule has 114 valence electrons. The average molecular weight is 284 g/mol. The Bertz CT molecular complexity index is 299. The van der Waals surface area contributed by atoms with Crippen molar-refractivity contribution in [2.24, 2.45) is 0 Å². The SMILES string of the molecule is C=CC(=O)N(CCCCCCN(OC)C(=O)C=C)OC. The first-order valence-electron chi connectivity index (χ1n) is 6.56. The first-order valence-corrected chi connectivity index (χ1v) is 6.56. The molecule has 0 aliphatic rings. The summed E-state index contributed by atoms with van der Waals surface area (Å²) in [5.41, 5.74) is 0. The number of carbonyl (C=O) groups is 2. The van der Waals surface area contributed by atoms with Gasteiger partial charge in [0.1, 0.15) is 0 Å². The van der Waals surface area contributed by atoms with E-state index in [9.17, 15) is 9.59 Å². The number of hydrogen-bond acceptors (Lipinski definition) is 4. The largest absolute Gasteiger partial charge is 0.274 e. The summed E-state index contributed by atoms with van der Waals surface area (Å²) in [6.45, 7) is 7.88. The Balaban J connectivity index is 3.76. The number of unbranched alkanes of at least 4 members (excludes halogenated alkanes) is 3. The molecule has 0 fully saturated rings. The second kappa shape index (κ2) is 11.2. The molecule has 6 nitrogen and oxygen atoms in total. The van der Waals surface area contributed by atoms with Crippen LogP contribution < -0.4 is 0 Å². The summed E-state index contributed by atoms with van der Waals surface area (Å²) in [5.74, 6) is -0.482. The van der Waals surface area contributed by atoms with E-state index in [1.165, 1.54) is 36.5 Å². The number of amides is 2. The van der Waals surface area contributed by atoms with Crippen LogP contribution in [0.5, 0.6) is 0 Å². The van der Waals surface area contributed by atoms with Crippen LogP contribution in [-0.2, 0) is 19.3 Å². The van der Waals surface area contributed by atoms with E-state index in [1.54, 1.807) is 0 Å². The second-order valence-corrected chi connectivity index (χ2v) is 4.07. The van der Waals surface area contributed by atoms with E-state index in [0.717, 1.165) is 25.7 Å². The highest BCUT2D eigenvalue weighted by Crippen LogP contribution is 2.05. The molecule has 0 saturated heterocycles. The Kier molecular flexibility index (Phi) is 10.3. The molecule has 20 heavy (non-hydrogen) atoms. The van der Waals surface area contributed by atoms with Gasteiger partial charge in [-0.15, -0.1) is 0 Å². The van der Waals surface area contributed by atoms with Crippen molar-refractivity contribution in [3.63, 3.8) is 0 Å². The number of carbonyl (C=O) groups excluding carboxylic acids is 2. The monoisotopic (exact) mass is 284 g/mol. The third-order valence-electron chi connectivity index (χ3n) is 2.75. The molecule has 6 heteroatoms. The molecule has 0 unspecified atom stereocenters. The number of hydrogen-bond donors (Lipinski definition) is 0. The predicted octanol–water partition coefficient (Wildman–Crippen LogP) is 1.70. The van der Waals surface area contributed by atoms with Crippen LogP contribution in [0.25, 0.3) is 0 Å². The van der Waals surface area contributed by atoms with Gasteiger partial charge in [-0.2, -0.15) is 0 Å². The van der Waals surface area contributed by atoms with Crippen LogP contribution in [0.2, 0.25) is 0 Å². The summed E-state index contributed by atoms with van der Waals surface area (Å²) >= 11 is 0. The van der Waals surface area contributed by atoms with Gasteiger partial charge in [0, 0.05) is 13.1 Å². The van der Waals surface area contributed by atoms with Gasteiger partial charge in [-0.25, -0.2) is 10.1 Å². The maximum absolute atomic E-state index is 11.3. The first kappa shape index (κ1) is 18.3. The normalized spacial score (nSPS) is 9.90. The van der Waals surface area contributed by atoms with Crippen LogP contribution in [0.3, 0.4) is 0 Å². The standard InChI is InChI=1S/C14H24N2O4/c1-5-13(17)15(19-3)11-9-7-8-10-12-16(20-4)14(18)6-2/h5-6H,1-2,7-12H2,3-4H3. The zero-order valence-electron chi connectivity index (χ0n) is 12.3. The summed E-state index contributed by atoms with van der Waals surface area (Å²) < 4.78 is 0. The van der Waals surface area contributed by atoms with Crippen molar-refractivity contribution in [3.8, 4) is 0 Å². The Morgan fingerprint density at radius 3 is 1.45 bits per heavy atom. The van der Waals surface area contributed by atoms with Gasteiger partial charge >= 0.3 is 0 Å². The van der Waals surface area contributed by atoms with Crippen molar-refractivity contribution in [1.82, 2.24) is 10.1 Å². The highest BCUT2D eigenvalue weighted by Gasteiger charge is 2.09. The molecule has 0 aliphatic carbocycles. The van der Waals surface area contributed by atoms with Gasteiger partial charge in [-0.3, -0.25) is 19.3 Å². The van der Waals surface area contributed by atoms with E-state index >= 15 is 0 Å². The fourth-order valence-electron chi connectivity index (χ4n) is 1.65. The molecule has 0 rings (SSSR count). The average Bonchev–Trinajstić information content (AvgIpc) is 2.48. The van der Waals surface area contributed by atoms with Crippen molar-refractivity contribution in [2.75, 3.05) is 27.3 Å². The molecular formula is C14H24N2O4. The summed E-state index contributed by atoms with van der Waals surface area (Å²) in [6, 6.07) is 0. The Labute approximate surface area is 120 Å². The molecule has 0 bridgehead atoms. The van der Waals surface area contributed by atoms with Crippen LogP contribution >= 0.6 is 0 Å². The first-order chi connectivity index (χ1) is 9.60. The minimum atomic E-state index is -0.241. The molecule has 2 amide bonds. The number of hydroxylamine groups is 4. The van der Waals surface area contributed by atoms with Gasteiger partial charge in [0.2, 0.25) is 0 Å². The van der Waals surface area contributed by atoms with E-state index in [0.29, 0.717) is 13.1 Å². The summed E-state index contributed by atoms with van der Waals surface area (Å²) in [7, 11) is 2.91. The van der Waals surface area contributed by atoms with Gasteiger partial charge in [0.15, 0.2) is 0 Å². The van der Waals surface area contributed by atoms with E-state index < -0.39 is 0 Å². The maximum Gasteiger partial charge on any atom is 0.269 e. The Hall–Kier alpha value is -1.66. The quantitative estimate of drug-likeness (QED) is 0.329. The Morgan fingerprint density at radius 1 is 0.850 bits per heavy atom. The highest BCUT2D eigenvalue weighted by molar-refractivity contribution is 5.86. The van der Waals surface area contributed by atoms with Crippen molar-refractivity contribution in [2.45, 2.75) is 25.7 Å². The molecule has 0 heterocycles. The van der Waals surface area contributed by atoms with Crippen LogP contribution in [0, 0.1) is 0 Å². The van der Waals surface area contributed by atoms with Crippen LogP contribution in [0.15, 0.2) is 25.3 Å². The number of rotatable bonds is 11. The van der Waals surface area contributed by atoms with E-state index in [-0.39, 0.29) is 11.8 Å². The van der Waals surface area contributed by atoms with Gasteiger partial charge in [-0.1, -0.05) is 26.0 Å². The third-order valence-corrected chi connectivity index (χ3v) is 2.75. The number of nitrogens with zero attached hydrogens (tertiary/aromatic N) is 2. The lowest BCUT2D eigenvalue weighted by molar-refractivity contribution is -0.171. The lowest BCUT2D eigenvalue weighted by Gasteiger charge is -2.18. The van der Waals surface area contributed by atoms with Crippen molar-refractivity contribution in [3.05, 3.63) is 25.3 Å². The molecule has 0 spiro atoms. The molecule has 0 aromatic heterocycles. The molecular weight excluding hydrogens is 260 g/mol. The lowest BCUT2D eigenvalue weighted by Crippen LogP contribution is -2.29. The van der Waals surface area contributed by atoms with Gasteiger partial charge in [0.05, 0.1) is 14.2 Å². The summed E-state index contributed by atoms with van der Waals surface area (Å²) in [5, 5.41) is 2.55. The van der Waals surface area contributed by atoms with Crippen LogP contribution in [0.4, 0.5) is 0 Å². The van der Waals surface area contributed by atoms with Crippen molar-refractivity contribution < 1.29 is 19.3 Å². The van der Waals surface area contributed by atoms with E-state index in [2.05, 4.69) is 13.2 Å². The lowest BCUT2D eigenvalue weighted by atomic mass is 10.2. The van der Waals surface area contributed by atoms with E-state index in [1.807, 2.05) is 0 Å². The molecule has 0 N–H and O–H groups in total. The zero-order valence-corrected chi connectivity index (χ0v) is 12.3. The highest BCUT2D eigenvalue weighted by atomic mass is 16.7. The fraction of sp³-hybridized carbons (Fsp3) is 0.571. The minimum Gasteiger partial charge on any atom is -0.274 e. The van der Waals surface area contributed by atoms with Gasteiger partial charge in [-0.05, 0) is 25.0 Å². The van der Waals surface area contributed by atoms with E-state index in [4.69, 9.17) is 9.68 Å². The zero-order chi connectivity index (χ0) is 15.4. The summed E-state index contributed by atoms with van der Waals surface area (Å²) in [4.78, 5) is 32.5. The van der Waals surface area contributed by atoms with Crippen LogP contribution in [0.1, 0.15) is 25.7 Å². The molecule has 0 aromatic rings. The maximum atomic E-state index is 11.3. The van der Waals surface area contributed by atoms with Crippen molar-refractivity contribution >= 4 is 11.8 Å². The smallest absolute Gasteiger partial charge is 0.269 e. The minimum absolute atomic E-state index is 0.241. The Morgan fingerprint density at radius 2 is 1.20 bits per heavy atom. The van der Waals surface area contributed by atoms with Crippen molar-refractivity contribution in [1.29, 1.82) is 0 Å². The second-order valence-electron chi connectivity index (χ2n) is 4.07. The molecule has 0 radical (unpaired) electrons.